The van der Waals surface area contributed by atoms with Crippen molar-refractivity contribution in [2.45, 2.75) is 20.8 Å². The molecule has 0 radical (unpaired) electrons. The Labute approximate surface area is 270 Å². The van der Waals surface area contributed by atoms with Crippen molar-refractivity contribution in [1.29, 1.82) is 0 Å². The third kappa shape index (κ3) is 9.44. The molecule has 0 amide bonds. The van der Waals surface area contributed by atoms with Crippen LogP contribution in [0.15, 0.2) is 127 Å². The third-order valence-electron chi connectivity index (χ3n) is 6.55. The predicted octanol–water partition coefficient (Wildman–Crippen LogP) is 6.23. The van der Waals surface area contributed by atoms with E-state index in [0.29, 0.717) is 0 Å². The molecule has 43 heavy (non-hydrogen) atoms. The second kappa shape index (κ2) is 16.1. The molecule has 0 saturated carbocycles. The summed E-state index contributed by atoms with van der Waals surface area (Å²) in [6.45, 7) is 17.9. The molecule has 3 nitrogen and oxygen atoms in total. The molecule has 1 aromatic heterocycles. The van der Waals surface area contributed by atoms with E-state index >= 15 is 0 Å². The summed E-state index contributed by atoms with van der Waals surface area (Å²) < 4.78 is 5.55. The Morgan fingerprint density at radius 1 is 0.721 bits per heavy atom. The van der Waals surface area contributed by atoms with Crippen LogP contribution in [0.5, 0.6) is 0 Å². The molecule has 3 aliphatic rings. The standard InChI is InChI=1S/3C13H12N.Ir/c3*1-11-6-8-12(9-7-11)13-5-3-4-10-14(13)2;/h3*3-8,10H,2H2,1H3;/q3*-1;+3/b13-12-;;;. The molecule has 0 atom stereocenters. The van der Waals surface area contributed by atoms with E-state index in [1.807, 2.05) is 105 Å². The van der Waals surface area contributed by atoms with Crippen molar-refractivity contribution in [1.82, 2.24) is 0 Å². The molecule has 0 N–H and O–H groups in total. The summed E-state index contributed by atoms with van der Waals surface area (Å²) in [6, 6.07) is 26.9. The SMILES string of the molecule is C=[N+]1C=CC=C[C-]1c1[c-]cc(C)cc1.C=[N+]1C=CC=C[C-]1c1[c-]cc(C)cc1.C=[n+]1cccc/c1=C1/[C-]=CC(C)=C[CH-]1.[Ir+3]. The molecule has 0 fully saturated rings. The van der Waals surface area contributed by atoms with Crippen LogP contribution in [0.3, 0.4) is 0 Å². The molecule has 3 aromatic rings. The van der Waals surface area contributed by atoms with Crippen LogP contribution in [-0.2, 0) is 20.1 Å². The van der Waals surface area contributed by atoms with Gasteiger partial charge in [0.2, 0.25) is 0 Å². The van der Waals surface area contributed by atoms with Crippen molar-refractivity contribution < 1.29 is 33.5 Å². The van der Waals surface area contributed by atoms with Gasteiger partial charge in [0.1, 0.15) is 6.72 Å². The first-order valence-corrected chi connectivity index (χ1v) is 13.7. The van der Waals surface area contributed by atoms with Crippen molar-refractivity contribution >= 4 is 19.0 Å². The van der Waals surface area contributed by atoms with Gasteiger partial charge in [0.25, 0.3) is 0 Å². The third-order valence-corrected chi connectivity index (χ3v) is 6.55. The minimum atomic E-state index is 0. The molecular weight excluding hydrogens is 703 g/mol. The van der Waals surface area contributed by atoms with Gasteiger partial charge in [-0.05, 0) is 19.9 Å². The van der Waals surface area contributed by atoms with Crippen LogP contribution in [0, 0.1) is 57.3 Å². The average Bonchev–Trinajstić information content (AvgIpc) is 3.00. The van der Waals surface area contributed by atoms with Crippen LogP contribution < -0.4 is 9.59 Å². The van der Waals surface area contributed by atoms with Gasteiger partial charge in [-0.3, -0.25) is 10.3 Å². The number of aryl methyl sites for hydroxylation is 2. The first kappa shape index (κ1) is 32.9. The topological polar surface area (TPSA) is 11.9 Å². The second-order valence-corrected chi connectivity index (χ2v) is 10.0. The van der Waals surface area contributed by atoms with Crippen molar-refractivity contribution in [3.8, 4) is 0 Å². The van der Waals surface area contributed by atoms with Gasteiger partial charge in [-0.2, -0.15) is 36.4 Å². The zero-order valence-corrected chi connectivity index (χ0v) is 27.3. The van der Waals surface area contributed by atoms with E-state index in [1.165, 1.54) is 16.7 Å². The van der Waals surface area contributed by atoms with E-state index in [1.54, 1.807) is 0 Å². The fourth-order valence-corrected chi connectivity index (χ4v) is 4.15. The maximum Gasteiger partial charge on any atom is 3.00 e. The number of aromatic nitrogens is 1. The molecule has 6 rings (SSSR count). The van der Waals surface area contributed by atoms with Crippen LogP contribution in [0.4, 0.5) is 0 Å². The molecule has 0 spiro atoms. The molecule has 0 bridgehead atoms. The zero-order valence-electron chi connectivity index (χ0n) is 24.9. The number of rotatable bonds is 2. The minimum Gasteiger partial charge on any atom is -0.336 e. The predicted molar refractivity (Wildman–Crippen MR) is 172 cm³/mol. The monoisotopic (exact) mass is 739 g/mol. The molecule has 2 aromatic carbocycles. The Bertz CT molecular complexity index is 1630. The van der Waals surface area contributed by atoms with Crippen LogP contribution in [0.2, 0.25) is 0 Å². The number of benzene rings is 2. The smallest absolute Gasteiger partial charge is 0.336 e. The molecule has 2 aliphatic heterocycles. The van der Waals surface area contributed by atoms with Gasteiger partial charge >= 0.3 is 20.1 Å². The summed E-state index contributed by atoms with van der Waals surface area (Å²) >= 11 is 0. The summed E-state index contributed by atoms with van der Waals surface area (Å²) in [5, 5.41) is 1.08. The minimum absolute atomic E-state index is 0. The van der Waals surface area contributed by atoms with E-state index in [0.717, 1.165) is 34.1 Å². The maximum atomic E-state index is 3.92. The van der Waals surface area contributed by atoms with Crippen molar-refractivity contribution in [2.75, 3.05) is 0 Å². The number of hydrogen-bond acceptors (Lipinski definition) is 0. The van der Waals surface area contributed by atoms with Crippen LogP contribution in [0.1, 0.15) is 29.2 Å². The van der Waals surface area contributed by atoms with Crippen molar-refractivity contribution in [2.24, 2.45) is 0 Å². The van der Waals surface area contributed by atoms with Crippen LogP contribution >= 0.6 is 0 Å². The van der Waals surface area contributed by atoms with Crippen molar-refractivity contribution in [3.05, 3.63) is 198 Å². The van der Waals surface area contributed by atoms with E-state index in [9.17, 15) is 0 Å². The van der Waals surface area contributed by atoms with E-state index in [2.05, 4.69) is 95.9 Å². The van der Waals surface area contributed by atoms with E-state index < -0.39 is 0 Å². The van der Waals surface area contributed by atoms with Gasteiger partial charge < -0.3 is 9.15 Å². The maximum absolute atomic E-state index is 3.92. The fourth-order valence-electron chi connectivity index (χ4n) is 4.15. The van der Waals surface area contributed by atoms with Gasteiger partial charge in [-0.25, -0.2) is 29.7 Å². The second-order valence-electron chi connectivity index (χ2n) is 10.0. The summed E-state index contributed by atoms with van der Waals surface area (Å²) in [6.07, 6.45) is 27.2. The Kier molecular flexibility index (Phi) is 12.3. The first-order valence-electron chi connectivity index (χ1n) is 13.7. The number of nitrogens with zero attached hydrogens (tertiary/aromatic N) is 3. The van der Waals surface area contributed by atoms with E-state index in [-0.39, 0.29) is 20.1 Å². The Balaban J connectivity index is 0.000000175. The van der Waals surface area contributed by atoms with Gasteiger partial charge in [0.05, 0.1) is 29.8 Å². The fraction of sp³-hybridized carbons (Fsp3) is 0.0769. The molecule has 1 aliphatic carbocycles. The first-order chi connectivity index (χ1) is 20.3. The summed E-state index contributed by atoms with van der Waals surface area (Å²) in [5.41, 5.74) is 6.89. The van der Waals surface area contributed by atoms with Gasteiger partial charge in [0, 0.05) is 13.4 Å². The van der Waals surface area contributed by atoms with Crippen LogP contribution in [-0.4, -0.2) is 22.6 Å². The van der Waals surface area contributed by atoms with Crippen molar-refractivity contribution in [3.63, 3.8) is 0 Å². The van der Waals surface area contributed by atoms with E-state index in [4.69, 9.17) is 0 Å². The summed E-state index contributed by atoms with van der Waals surface area (Å²) in [5.74, 6) is 0. The Morgan fingerprint density at radius 2 is 1.28 bits per heavy atom. The van der Waals surface area contributed by atoms with Gasteiger partial charge in [0.15, 0.2) is 6.20 Å². The Morgan fingerprint density at radius 3 is 1.70 bits per heavy atom. The summed E-state index contributed by atoms with van der Waals surface area (Å²) in [4.78, 5) is 0. The zero-order chi connectivity index (χ0) is 29.9. The number of allylic oxidation sites excluding steroid dienone is 8. The quantitative estimate of drug-likeness (QED) is 0.219. The van der Waals surface area contributed by atoms with Crippen LogP contribution in [0.25, 0.3) is 5.57 Å². The molecular formula is C39H36IrN3. The Hall–Kier alpha value is -4.63. The normalized spacial score (nSPS) is 15.8. The number of hydrogen-bond donors (Lipinski definition) is 0. The number of pyridine rings is 1. The molecule has 216 valence electrons. The molecule has 3 heterocycles. The van der Waals surface area contributed by atoms with Gasteiger partial charge in [-0.15, -0.1) is 66.6 Å². The van der Waals surface area contributed by atoms with Gasteiger partial charge in [-0.1, -0.05) is 23.3 Å². The summed E-state index contributed by atoms with van der Waals surface area (Å²) in [7, 11) is 0. The molecule has 0 saturated heterocycles. The average molecular weight is 739 g/mol. The molecule has 4 heteroatoms. The largest absolute Gasteiger partial charge is 3.00 e. The molecule has 0 unspecified atom stereocenters.